The highest BCUT2D eigenvalue weighted by atomic mass is 16.6. The van der Waals surface area contributed by atoms with Crippen molar-refractivity contribution in [2.45, 2.75) is 0 Å². The Morgan fingerprint density at radius 2 is 1.60 bits per heavy atom. The van der Waals surface area contributed by atoms with Gasteiger partial charge in [-0.3, -0.25) is 20.2 Å². The van der Waals surface area contributed by atoms with Crippen LogP contribution >= 0.6 is 0 Å². The molecular formula is C13H10N2O5. The summed E-state index contributed by atoms with van der Waals surface area (Å²) in [4.78, 5) is 20.4. The van der Waals surface area contributed by atoms with Gasteiger partial charge in [-0.25, -0.2) is 0 Å². The van der Waals surface area contributed by atoms with Crippen molar-refractivity contribution < 1.29 is 14.6 Å². The molecule has 20 heavy (non-hydrogen) atoms. The zero-order chi connectivity index (χ0) is 14.7. The summed E-state index contributed by atoms with van der Waals surface area (Å²) in [6.07, 6.45) is 0. The van der Waals surface area contributed by atoms with E-state index >= 15 is 0 Å². The third-order valence-corrected chi connectivity index (χ3v) is 2.79. The molecule has 0 bridgehead atoms. The van der Waals surface area contributed by atoms with Crippen LogP contribution in [0.15, 0.2) is 42.5 Å². The average molecular weight is 274 g/mol. The topological polar surface area (TPSA) is 95.5 Å². The van der Waals surface area contributed by atoms with Crippen LogP contribution in [0, 0.1) is 20.2 Å². The van der Waals surface area contributed by atoms with Gasteiger partial charge in [-0.2, -0.15) is 0 Å². The normalized spacial score (nSPS) is 10.1. The molecule has 7 nitrogen and oxygen atoms in total. The summed E-state index contributed by atoms with van der Waals surface area (Å²) in [6, 6.07) is 10.2. The summed E-state index contributed by atoms with van der Waals surface area (Å²) in [6.45, 7) is 0. The number of rotatable bonds is 4. The molecule has 0 fully saturated rings. The summed E-state index contributed by atoms with van der Waals surface area (Å²) in [7, 11) is 1.52. The molecule has 0 atom stereocenters. The van der Waals surface area contributed by atoms with Gasteiger partial charge in [0.05, 0.1) is 28.6 Å². The maximum absolute atomic E-state index is 11.1. The molecule has 0 saturated carbocycles. The zero-order valence-corrected chi connectivity index (χ0v) is 10.5. The maximum atomic E-state index is 11.1. The van der Waals surface area contributed by atoms with Crippen molar-refractivity contribution in [3.63, 3.8) is 0 Å². The van der Waals surface area contributed by atoms with Gasteiger partial charge < -0.3 is 4.74 Å². The van der Waals surface area contributed by atoms with E-state index in [4.69, 9.17) is 4.74 Å². The van der Waals surface area contributed by atoms with E-state index in [1.807, 2.05) is 0 Å². The molecule has 0 saturated heterocycles. The summed E-state index contributed by atoms with van der Waals surface area (Å²) >= 11 is 0. The Hall–Kier alpha value is -2.96. The highest BCUT2D eigenvalue weighted by Gasteiger charge is 2.20. The standard InChI is InChI=1S/C13H10N2O5/c1-20-11-5-2-9(3-6-11)12-7-4-10(14(16)17)8-13(12)15(18)19/h2-8H,1H3. The second-order valence-corrected chi connectivity index (χ2v) is 3.94. The first kappa shape index (κ1) is 13.5. The van der Waals surface area contributed by atoms with E-state index < -0.39 is 9.85 Å². The summed E-state index contributed by atoms with van der Waals surface area (Å²) < 4.78 is 5.01. The van der Waals surface area contributed by atoms with E-state index in [2.05, 4.69) is 0 Å². The molecule has 0 amide bonds. The Balaban J connectivity index is 2.54. The largest absolute Gasteiger partial charge is 0.497 e. The van der Waals surface area contributed by atoms with Gasteiger partial charge in [0.15, 0.2) is 0 Å². The Kier molecular flexibility index (Phi) is 3.60. The minimum atomic E-state index is -0.662. The molecule has 102 valence electrons. The van der Waals surface area contributed by atoms with Crippen LogP contribution in [0.3, 0.4) is 0 Å². The smallest absolute Gasteiger partial charge is 0.284 e. The Morgan fingerprint density at radius 1 is 0.950 bits per heavy atom. The molecule has 0 aromatic heterocycles. The lowest BCUT2D eigenvalue weighted by Crippen LogP contribution is -1.95. The number of non-ortho nitro benzene ring substituents is 1. The monoisotopic (exact) mass is 274 g/mol. The highest BCUT2D eigenvalue weighted by Crippen LogP contribution is 2.33. The first-order valence-corrected chi connectivity index (χ1v) is 5.60. The summed E-state index contributed by atoms with van der Waals surface area (Å²) in [5.41, 5.74) is 0.300. The molecule has 2 rings (SSSR count). The van der Waals surface area contributed by atoms with Crippen molar-refractivity contribution >= 4 is 11.4 Å². The third kappa shape index (κ3) is 2.56. The SMILES string of the molecule is COc1ccc(-c2ccc([N+](=O)[O-])cc2[N+](=O)[O-])cc1. The third-order valence-electron chi connectivity index (χ3n) is 2.79. The van der Waals surface area contributed by atoms with Gasteiger partial charge >= 0.3 is 0 Å². The zero-order valence-electron chi connectivity index (χ0n) is 10.5. The van der Waals surface area contributed by atoms with Crippen LogP contribution in [0.2, 0.25) is 0 Å². The Morgan fingerprint density at radius 3 is 2.10 bits per heavy atom. The fraction of sp³-hybridized carbons (Fsp3) is 0.0769. The molecular weight excluding hydrogens is 264 g/mol. The van der Waals surface area contributed by atoms with Crippen LogP contribution in [0.1, 0.15) is 0 Å². The van der Waals surface area contributed by atoms with Crippen LogP contribution in [0.4, 0.5) is 11.4 Å². The minimum absolute atomic E-state index is 0.302. The van der Waals surface area contributed by atoms with E-state index in [0.29, 0.717) is 16.9 Å². The molecule has 2 aromatic carbocycles. The second-order valence-electron chi connectivity index (χ2n) is 3.94. The molecule has 2 aromatic rings. The van der Waals surface area contributed by atoms with Crippen molar-refractivity contribution in [3.8, 4) is 16.9 Å². The van der Waals surface area contributed by atoms with Crippen LogP contribution < -0.4 is 4.74 Å². The van der Waals surface area contributed by atoms with Gasteiger partial charge in [-0.1, -0.05) is 12.1 Å². The number of benzene rings is 2. The predicted octanol–water partition coefficient (Wildman–Crippen LogP) is 3.18. The van der Waals surface area contributed by atoms with Crippen molar-refractivity contribution in [2.75, 3.05) is 7.11 Å². The molecule has 0 heterocycles. The lowest BCUT2D eigenvalue weighted by Gasteiger charge is -2.05. The van der Waals surface area contributed by atoms with Gasteiger partial charge in [-0.05, 0) is 23.8 Å². The Bertz CT molecular complexity index is 667. The van der Waals surface area contributed by atoms with E-state index in [9.17, 15) is 20.2 Å². The van der Waals surface area contributed by atoms with Crippen LogP contribution in [0.5, 0.6) is 5.75 Å². The fourth-order valence-corrected chi connectivity index (χ4v) is 1.80. The number of nitro groups is 2. The van der Waals surface area contributed by atoms with E-state index in [0.717, 1.165) is 6.07 Å². The van der Waals surface area contributed by atoms with Crippen LogP contribution in [-0.2, 0) is 0 Å². The number of methoxy groups -OCH3 is 1. The quantitative estimate of drug-likeness (QED) is 0.630. The first-order valence-electron chi connectivity index (χ1n) is 5.60. The number of nitro benzene ring substituents is 2. The predicted molar refractivity (Wildman–Crippen MR) is 71.7 cm³/mol. The lowest BCUT2D eigenvalue weighted by molar-refractivity contribution is -0.393. The van der Waals surface area contributed by atoms with Crippen molar-refractivity contribution in [3.05, 3.63) is 62.7 Å². The van der Waals surface area contributed by atoms with E-state index in [-0.39, 0.29) is 11.4 Å². The molecule has 0 aliphatic heterocycles. The number of ether oxygens (including phenoxy) is 1. The number of hydrogen-bond donors (Lipinski definition) is 0. The van der Waals surface area contributed by atoms with E-state index in [1.54, 1.807) is 24.3 Å². The average Bonchev–Trinajstić information content (AvgIpc) is 2.46. The molecule has 0 aliphatic rings. The van der Waals surface area contributed by atoms with Gasteiger partial charge in [0.25, 0.3) is 11.4 Å². The summed E-state index contributed by atoms with van der Waals surface area (Å²) in [5.74, 6) is 0.623. The highest BCUT2D eigenvalue weighted by molar-refractivity contribution is 5.75. The van der Waals surface area contributed by atoms with Crippen LogP contribution in [0.25, 0.3) is 11.1 Å². The lowest BCUT2D eigenvalue weighted by atomic mass is 10.0. The van der Waals surface area contributed by atoms with Gasteiger partial charge in [0.1, 0.15) is 5.75 Å². The molecule has 7 heteroatoms. The Labute approximate surface area is 113 Å². The molecule has 0 radical (unpaired) electrons. The molecule has 0 spiro atoms. The minimum Gasteiger partial charge on any atom is -0.497 e. The van der Waals surface area contributed by atoms with Crippen LogP contribution in [-0.4, -0.2) is 17.0 Å². The van der Waals surface area contributed by atoms with Crippen molar-refractivity contribution in [1.82, 2.24) is 0 Å². The van der Waals surface area contributed by atoms with Crippen molar-refractivity contribution in [2.24, 2.45) is 0 Å². The second kappa shape index (κ2) is 5.35. The number of hydrogen-bond acceptors (Lipinski definition) is 5. The van der Waals surface area contributed by atoms with Gasteiger partial charge in [0, 0.05) is 6.07 Å². The van der Waals surface area contributed by atoms with Crippen molar-refractivity contribution in [1.29, 1.82) is 0 Å². The molecule has 0 aliphatic carbocycles. The summed E-state index contributed by atoms with van der Waals surface area (Å²) in [5, 5.41) is 21.7. The molecule has 0 N–H and O–H groups in total. The maximum Gasteiger partial charge on any atom is 0.284 e. The number of nitrogens with zero attached hydrogens (tertiary/aromatic N) is 2. The molecule has 0 unspecified atom stereocenters. The van der Waals surface area contributed by atoms with Gasteiger partial charge in [-0.15, -0.1) is 0 Å². The first-order chi connectivity index (χ1) is 9.52. The fourth-order valence-electron chi connectivity index (χ4n) is 1.80. The van der Waals surface area contributed by atoms with E-state index in [1.165, 1.54) is 19.2 Å². The van der Waals surface area contributed by atoms with Gasteiger partial charge in [0.2, 0.25) is 0 Å².